The molecule has 0 saturated heterocycles. The van der Waals surface area contributed by atoms with Crippen molar-refractivity contribution in [2.75, 3.05) is 14.2 Å². The van der Waals surface area contributed by atoms with Crippen molar-refractivity contribution in [1.29, 1.82) is 0 Å². The van der Waals surface area contributed by atoms with Gasteiger partial charge in [-0.15, -0.1) is 0 Å². The third kappa shape index (κ3) is 5.41. The van der Waals surface area contributed by atoms with Crippen LogP contribution in [0.25, 0.3) is 11.8 Å². The first-order valence-corrected chi connectivity index (χ1v) is 16.5. The summed E-state index contributed by atoms with van der Waals surface area (Å²) in [7, 11) is 3.26. The van der Waals surface area contributed by atoms with Gasteiger partial charge in [0.25, 0.3) is 5.56 Å². The molecule has 45 heavy (non-hydrogen) atoms. The van der Waals surface area contributed by atoms with Gasteiger partial charge in [-0.1, -0.05) is 83.6 Å². The summed E-state index contributed by atoms with van der Waals surface area (Å²) >= 11 is 11.4. The minimum atomic E-state index is -0.329. The Kier molecular flexibility index (Phi) is 8.12. The molecular formula is C36H28BrClN2O4S. The number of aryl methyl sites for hydroxylation is 1. The van der Waals surface area contributed by atoms with Gasteiger partial charge in [-0.2, -0.15) is 0 Å². The molecule has 5 aromatic rings. The van der Waals surface area contributed by atoms with Crippen LogP contribution >= 0.6 is 38.9 Å². The van der Waals surface area contributed by atoms with Crippen LogP contribution in [0.4, 0.5) is 0 Å². The monoisotopic (exact) mass is 698 g/mol. The van der Waals surface area contributed by atoms with E-state index in [1.54, 1.807) is 14.2 Å². The van der Waals surface area contributed by atoms with Gasteiger partial charge in [0.05, 0.1) is 35.0 Å². The Morgan fingerprint density at radius 2 is 1.73 bits per heavy atom. The third-order valence-corrected chi connectivity index (χ3v) is 10.1. The Morgan fingerprint density at radius 1 is 0.978 bits per heavy atom. The van der Waals surface area contributed by atoms with E-state index < -0.39 is 0 Å². The zero-order valence-electron chi connectivity index (χ0n) is 24.6. The number of hydrogen-bond donors (Lipinski definition) is 0. The predicted molar refractivity (Wildman–Crippen MR) is 182 cm³/mol. The first-order valence-electron chi connectivity index (χ1n) is 14.5. The lowest BCUT2D eigenvalue weighted by Crippen LogP contribution is -2.39. The van der Waals surface area contributed by atoms with E-state index >= 15 is 0 Å². The van der Waals surface area contributed by atoms with E-state index in [9.17, 15) is 4.79 Å². The smallest absolute Gasteiger partial charge is 0.271 e. The quantitative estimate of drug-likeness (QED) is 0.179. The number of para-hydroxylation sites is 1. The Bertz CT molecular complexity index is 2170. The van der Waals surface area contributed by atoms with Crippen molar-refractivity contribution in [3.05, 3.63) is 148 Å². The van der Waals surface area contributed by atoms with E-state index in [4.69, 9.17) is 30.8 Å². The third-order valence-electron chi connectivity index (χ3n) is 8.19. The number of hydrogen-bond acceptors (Lipinski definition) is 6. The predicted octanol–water partition coefficient (Wildman–Crippen LogP) is 7.33. The second-order valence-electron chi connectivity index (χ2n) is 10.8. The number of methoxy groups -OCH3 is 2. The van der Waals surface area contributed by atoms with Crippen LogP contribution in [-0.2, 0) is 13.0 Å². The maximum Gasteiger partial charge on any atom is 0.271 e. The van der Waals surface area contributed by atoms with Gasteiger partial charge in [0.1, 0.15) is 12.4 Å². The molecular weight excluding hydrogens is 672 g/mol. The fourth-order valence-corrected chi connectivity index (χ4v) is 7.84. The van der Waals surface area contributed by atoms with Gasteiger partial charge in [-0.05, 0) is 75.8 Å². The SMILES string of the molecule is COc1ccccc1[C@@H]1C2=C(N=c3s/c(=C\c4cc(Br)c(OCc5ccccc5Cl)c(OC)c4)c(=O)n31)c1ccccc1CC2. The molecule has 0 amide bonds. The molecule has 1 aliphatic carbocycles. The van der Waals surface area contributed by atoms with Crippen LogP contribution in [0.1, 0.15) is 40.3 Å². The lowest BCUT2D eigenvalue weighted by Gasteiger charge is -2.31. The number of allylic oxidation sites excluding steroid dienone is 1. The largest absolute Gasteiger partial charge is 0.496 e. The van der Waals surface area contributed by atoms with E-state index in [1.807, 2.05) is 77.4 Å². The molecule has 0 spiro atoms. The van der Waals surface area contributed by atoms with Gasteiger partial charge in [0.15, 0.2) is 16.3 Å². The van der Waals surface area contributed by atoms with Crippen LogP contribution in [0.2, 0.25) is 5.02 Å². The summed E-state index contributed by atoms with van der Waals surface area (Å²) in [5.41, 5.74) is 6.97. The average Bonchev–Trinajstić information content (AvgIpc) is 3.37. The van der Waals surface area contributed by atoms with Crippen LogP contribution in [0.5, 0.6) is 17.2 Å². The van der Waals surface area contributed by atoms with Crippen LogP contribution in [-0.4, -0.2) is 18.8 Å². The molecule has 0 bridgehead atoms. The molecule has 226 valence electrons. The van der Waals surface area contributed by atoms with Gasteiger partial charge < -0.3 is 14.2 Å². The fourth-order valence-electron chi connectivity index (χ4n) is 6.07. The van der Waals surface area contributed by atoms with Crippen LogP contribution in [0, 0.1) is 0 Å². The molecule has 0 unspecified atom stereocenters. The highest BCUT2D eigenvalue weighted by Crippen LogP contribution is 2.43. The van der Waals surface area contributed by atoms with Gasteiger partial charge in [0, 0.05) is 21.7 Å². The Labute approximate surface area is 277 Å². The van der Waals surface area contributed by atoms with E-state index in [0.717, 1.165) is 52.1 Å². The Morgan fingerprint density at radius 3 is 2.56 bits per heavy atom. The van der Waals surface area contributed by atoms with Crippen molar-refractivity contribution in [3.63, 3.8) is 0 Å². The number of rotatable bonds is 7. The minimum Gasteiger partial charge on any atom is -0.496 e. The van der Waals surface area contributed by atoms with E-state index in [0.29, 0.717) is 30.3 Å². The fraction of sp³-hybridized carbons (Fsp3) is 0.167. The summed E-state index contributed by atoms with van der Waals surface area (Å²) in [4.78, 5) is 20.0. The molecule has 2 aliphatic rings. The summed E-state index contributed by atoms with van der Waals surface area (Å²) in [6.07, 6.45) is 3.58. The summed E-state index contributed by atoms with van der Waals surface area (Å²) in [6.45, 7) is 0.281. The van der Waals surface area contributed by atoms with Crippen LogP contribution < -0.4 is 29.1 Å². The maximum atomic E-state index is 14.3. The molecule has 0 fully saturated rings. The Hall–Kier alpha value is -4.11. The molecule has 6 nitrogen and oxygen atoms in total. The molecule has 7 rings (SSSR count). The molecule has 2 heterocycles. The number of thiazole rings is 1. The number of ether oxygens (including phenoxy) is 3. The van der Waals surface area contributed by atoms with Crippen molar-refractivity contribution in [1.82, 2.24) is 4.57 Å². The molecule has 0 radical (unpaired) electrons. The summed E-state index contributed by atoms with van der Waals surface area (Å²) in [5.74, 6) is 1.83. The van der Waals surface area contributed by atoms with Crippen molar-refractivity contribution in [2.24, 2.45) is 4.99 Å². The lowest BCUT2D eigenvalue weighted by atomic mass is 9.83. The van der Waals surface area contributed by atoms with Crippen molar-refractivity contribution >= 4 is 50.6 Å². The minimum absolute atomic E-state index is 0.103. The molecule has 1 aliphatic heterocycles. The van der Waals surface area contributed by atoms with Crippen molar-refractivity contribution < 1.29 is 14.2 Å². The van der Waals surface area contributed by atoms with Crippen LogP contribution in [0.3, 0.4) is 0 Å². The summed E-state index contributed by atoms with van der Waals surface area (Å²) in [5, 5.41) is 0.635. The number of aromatic nitrogens is 1. The topological polar surface area (TPSA) is 62.0 Å². The second-order valence-corrected chi connectivity index (χ2v) is 13.0. The number of halogens is 2. The highest BCUT2D eigenvalue weighted by molar-refractivity contribution is 9.10. The van der Waals surface area contributed by atoms with Gasteiger partial charge in [-0.25, -0.2) is 4.99 Å². The Balaban J connectivity index is 1.35. The summed E-state index contributed by atoms with van der Waals surface area (Å²) < 4.78 is 20.7. The first-order chi connectivity index (χ1) is 22.0. The van der Waals surface area contributed by atoms with Gasteiger partial charge in [-0.3, -0.25) is 9.36 Å². The molecule has 4 aromatic carbocycles. The highest BCUT2D eigenvalue weighted by atomic mass is 79.9. The normalized spacial score (nSPS) is 15.6. The first kappa shape index (κ1) is 29.6. The van der Waals surface area contributed by atoms with E-state index in [2.05, 4.69) is 34.1 Å². The van der Waals surface area contributed by atoms with E-state index in [-0.39, 0.29) is 18.2 Å². The number of fused-ring (bicyclic) bond motifs is 3. The summed E-state index contributed by atoms with van der Waals surface area (Å²) in [6, 6.07) is 27.3. The zero-order valence-corrected chi connectivity index (χ0v) is 27.7. The molecule has 1 aromatic heterocycles. The van der Waals surface area contributed by atoms with Crippen LogP contribution in [0.15, 0.2) is 105 Å². The van der Waals surface area contributed by atoms with Crippen molar-refractivity contribution in [3.8, 4) is 17.2 Å². The lowest BCUT2D eigenvalue weighted by molar-refractivity contribution is 0.282. The molecule has 9 heteroatoms. The number of benzene rings is 4. The number of nitrogens with zero attached hydrogens (tertiary/aromatic N) is 2. The van der Waals surface area contributed by atoms with Gasteiger partial charge in [0.2, 0.25) is 0 Å². The van der Waals surface area contributed by atoms with Gasteiger partial charge >= 0.3 is 0 Å². The molecule has 0 N–H and O–H groups in total. The molecule has 1 atom stereocenters. The van der Waals surface area contributed by atoms with E-state index in [1.165, 1.54) is 16.9 Å². The zero-order chi connectivity index (χ0) is 31.1. The average molecular weight is 700 g/mol. The highest BCUT2D eigenvalue weighted by Gasteiger charge is 2.34. The second kappa shape index (κ2) is 12.4. The molecule has 0 saturated carbocycles. The standard InChI is InChI=1S/C36H28BrClN2O4S/c1-42-29-14-8-6-12-25(29)33-26-16-15-22-9-3-5-11-24(22)32(26)39-36-40(33)35(41)31(45-36)19-21-17-27(37)34(30(18-21)43-2)44-20-23-10-4-7-13-28(23)38/h3-14,17-19,33H,15-16,20H2,1-2H3/b31-19-/t33-/m1/s1. The maximum absolute atomic E-state index is 14.3. The van der Waals surface area contributed by atoms with Crippen molar-refractivity contribution in [2.45, 2.75) is 25.5 Å².